The lowest BCUT2D eigenvalue weighted by atomic mass is 10.0. The van der Waals surface area contributed by atoms with Gasteiger partial charge in [-0.2, -0.15) is 4.31 Å². The molecule has 2 rings (SSSR count). The minimum Gasteiger partial charge on any atom is -0.480 e. The van der Waals surface area contributed by atoms with Gasteiger partial charge in [-0.25, -0.2) is 8.42 Å². The molecular formula is C10H12ClNO4S2. The van der Waals surface area contributed by atoms with Gasteiger partial charge in [-0.3, -0.25) is 4.79 Å². The van der Waals surface area contributed by atoms with Gasteiger partial charge in [0.05, 0.1) is 4.34 Å². The predicted molar refractivity (Wildman–Crippen MR) is 68.4 cm³/mol. The molecule has 5 nitrogen and oxygen atoms in total. The Kier molecular flexibility index (Phi) is 3.68. The molecule has 8 heteroatoms. The third-order valence-corrected chi connectivity index (χ3v) is 6.60. The van der Waals surface area contributed by atoms with E-state index in [4.69, 9.17) is 16.7 Å². The fourth-order valence-electron chi connectivity index (χ4n) is 2.10. The lowest BCUT2D eigenvalue weighted by Gasteiger charge is -2.21. The van der Waals surface area contributed by atoms with Crippen molar-refractivity contribution in [3.8, 4) is 0 Å². The first-order valence-corrected chi connectivity index (χ1v) is 7.97. The van der Waals surface area contributed by atoms with E-state index in [1.165, 1.54) is 12.1 Å². The Bertz CT molecular complexity index is 568. The highest BCUT2D eigenvalue weighted by atomic mass is 35.5. The monoisotopic (exact) mass is 309 g/mol. The molecule has 0 radical (unpaired) electrons. The van der Waals surface area contributed by atoms with Crippen LogP contribution in [0.1, 0.15) is 13.3 Å². The molecule has 1 aromatic rings. The van der Waals surface area contributed by atoms with Crippen LogP contribution in [0.2, 0.25) is 4.34 Å². The molecule has 1 N–H and O–H groups in total. The Balaban J connectivity index is 2.39. The number of rotatable bonds is 3. The van der Waals surface area contributed by atoms with Crippen molar-refractivity contribution in [2.75, 3.05) is 6.54 Å². The minimum absolute atomic E-state index is 0.0906. The molecule has 18 heavy (non-hydrogen) atoms. The minimum atomic E-state index is -3.76. The number of sulfonamides is 1. The molecule has 0 aliphatic carbocycles. The van der Waals surface area contributed by atoms with Crippen molar-refractivity contribution in [3.63, 3.8) is 0 Å². The smallest absolute Gasteiger partial charge is 0.322 e. The summed E-state index contributed by atoms with van der Waals surface area (Å²) in [5.74, 6) is -1.29. The molecule has 2 unspecified atom stereocenters. The van der Waals surface area contributed by atoms with E-state index in [2.05, 4.69) is 0 Å². The van der Waals surface area contributed by atoms with Crippen LogP contribution < -0.4 is 0 Å². The average Bonchev–Trinajstić information content (AvgIpc) is 2.84. The molecule has 1 aliphatic rings. The van der Waals surface area contributed by atoms with Crippen LogP contribution >= 0.6 is 22.9 Å². The first-order chi connectivity index (χ1) is 8.34. The summed E-state index contributed by atoms with van der Waals surface area (Å²) in [4.78, 5) is 11.2. The van der Waals surface area contributed by atoms with E-state index in [0.717, 1.165) is 15.6 Å². The van der Waals surface area contributed by atoms with Crippen molar-refractivity contribution in [3.05, 3.63) is 16.5 Å². The molecule has 0 aromatic carbocycles. The maximum atomic E-state index is 12.3. The van der Waals surface area contributed by atoms with E-state index in [1.807, 2.05) is 0 Å². The summed E-state index contributed by atoms with van der Waals surface area (Å²) in [6, 6.07) is 1.91. The molecule has 0 amide bonds. The van der Waals surface area contributed by atoms with Gasteiger partial charge in [0.25, 0.3) is 10.0 Å². The molecule has 0 bridgehead atoms. The molecule has 0 saturated carbocycles. The zero-order valence-electron chi connectivity index (χ0n) is 9.54. The van der Waals surface area contributed by atoms with Crippen molar-refractivity contribution >= 4 is 38.9 Å². The summed E-state index contributed by atoms with van der Waals surface area (Å²) in [6.45, 7) is 1.98. The Hall–Kier alpha value is -0.630. The van der Waals surface area contributed by atoms with Crippen molar-refractivity contribution in [2.24, 2.45) is 5.92 Å². The van der Waals surface area contributed by atoms with Crippen LogP contribution in [0.5, 0.6) is 0 Å². The first kappa shape index (κ1) is 13.8. The zero-order valence-corrected chi connectivity index (χ0v) is 11.9. The van der Waals surface area contributed by atoms with E-state index in [1.54, 1.807) is 6.92 Å². The van der Waals surface area contributed by atoms with E-state index >= 15 is 0 Å². The normalized spacial score (nSPS) is 25.4. The summed E-state index contributed by atoms with van der Waals surface area (Å²) >= 11 is 6.66. The lowest BCUT2D eigenvalue weighted by molar-refractivity contribution is -0.141. The second-order valence-corrected chi connectivity index (χ2v) is 8.06. The van der Waals surface area contributed by atoms with Crippen LogP contribution in [-0.2, 0) is 14.8 Å². The summed E-state index contributed by atoms with van der Waals surface area (Å²) in [6.07, 6.45) is 0.551. The van der Waals surface area contributed by atoms with Gasteiger partial charge in [-0.05, 0) is 24.5 Å². The molecular weight excluding hydrogens is 298 g/mol. The molecule has 1 saturated heterocycles. The number of hydrogen-bond acceptors (Lipinski definition) is 4. The lowest BCUT2D eigenvalue weighted by Crippen LogP contribution is -2.42. The van der Waals surface area contributed by atoms with E-state index in [0.29, 0.717) is 10.8 Å². The summed E-state index contributed by atoms with van der Waals surface area (Å²) < 4.78 is 26.2. The largest absolute Gasteiger partial charge is 0.480 e. The highest BCUT2D eigenvalue weighted by Gasteiger charge is 2.44. The fourth-order valence-corrected chi connectivity index (χ4v) is 5.41. The second kappa shape index (κ2) is 4.80. The third-order valence-electron chi connectivity index (χ3n) is 3.02. The summed E-state index contributed by atoms with van der Waals surface area (Å²) in [5, 5.41) is 9.14. The number of carboxylic acids is 1. The van der Waals surface area contributed by atoms with Gasteiger partial charge >= 0.3 is 5.97 Å². The van der Waals surface area contributed by atoms with Crippen molar-refractivity contribution in [2.45, 2.75) is 23.6 Å². The standard InChI is InChI=1S/C10H12ClNO4S2/c1-6-4-5-12(9(6)10(13)14)18(15,16)8-3-2-7(11)17-8/h2-3,6,9H,4-5H2,1H3,(H,13,14). The SMILES string of the molecule is CC1CCN(S(=O)(=O)c2ccc(Cl)s2)C1C(=O)O. The number of aliphatic carboxylic acids is 1. The van der Waals surface area contributed by atoms with Gasteiger partial charge in [0, 0.05) is 6.54 Å². The van der Waals surface area contributed by atoms with Gasteiger partial charge in [-0.1, -0.05) is 18.5 Å². The van der Waals surface area contributed by atoms with Crippen molar-refractivity contribution in [1.82, 2.24) is 4.31 Å². The topological polar surface area (TPSA) is 74.7 Å². The van der Waals surface area contributed by atoms with Crippen LogP contribution in [0.25, 0.3) is 0 Å². The van der Waals surface area contributed by atoms with Crippen LogP contribution in [-0.4, -0.2) is 36.4 Å². The highest BCUT2D eigenvalue weighted by molar-refractivity contribution is 7.91. The van der Waals surface area contributed by atoms with E-state index in [9.17, 15) is 13.2 Å². The Morgan fingerprint density at radius 3 is 2.72 bits per heavy atom. The number of hydrogen-bond donors (Lipinski definition) is 1. The molecule has 2 heterocycles. The van der Waals surface area contributed by atoms with Crippen LogP contribution in [0, 0.1) is 5.92 Å². The molecule has 1 fully saturated rings. The quantitative estimate of drug-likeness (QED) is 0.925. The molecule has 2 atom stereocenters. The summed E-state index contributed by atoms with van der Waals surface area (Å²) in [5.41, 5.74) is 0. The fraction of sp³-hybridized carbons (Fsp3) is 0.500. The number of nitrogens with zero attached hydrogens (tertiary/aromatic N) is 1. The Morgan fingerprint density at radius 2 is 2.22 bits per heavy atom. The highest BCUT2D eigenvalue weighted by Crippen LogP contribution is 2.34. The van der Waals surface area contributed by atoms with Gasteiger partial charge in [0.2, 0.25) is 0 Å². The van der Waals surface area contributed by atoms with E-state index < -0.39 is 22.0 Å². The number of halogens is 1. The van der Waals surface area contributed by atoms with Gasteiger partial charge in [0.1, 0.15) is 10.3 Å². The predicted octanol–water partition coefficient (Wildman–Crippen LogP) is 1.89. The Morgan fingerprint density at radius 1 is 1.56 bits per heavy atom. The van der Waals surface area contributed by atoms with Crippen molar-refractivity contribution in [1.29, 1.82) is 0 Å². The number of carbonyl (C=O) groups is 1. The van der Waals surface area contributed by atoms with Gasteiger partial charge in [-0.15, -0.1) is 11.3 Å². The average molecular weight is 310 g/mol. The molecule has 100 valence electrons. The Labute approximate surface area is 114 Å². The molecule has 1 aliphatic heterocycles. The third kappa shape index (κ3) is 2.27. The van der Waals surface area contributed by atoms with E-state index in [-0.39, 0.29) is 16.7 Å². The second-order valence-electron chi connectivity index (χ2n) is 4.22. The maximum absolute atomic E-state index is 12.3. The number of carboxylic acid groups (broad SMARTS) is 1. The van der Waals surface area contributed by atoms with Crippen molar-refractivity contribution < 1.29 is 18.3 Å². The molecule has 0 spiro atoms. The summed E-state index contributed by atoms with van der Waals surface area (Å²) in [7, 11) is -3.76. The van der Waals surface area contributed by atoms with Crippen LogP contribution in [0.3, 0.4) is 0 Å². The van der Waals surface area contributed by atoms with Gasteiger partial charge < -0.3 is 5.11 Å². The maximum Gasteiger partial charge on any atom is 0.322 e. The van der Waals surface area contributed by atoms with Gasteiger partial charge in [0.15, 0.2) is 0 Å². The van der Waals surface area contributed by atoms with Crippen LogP contribution in [0.15, 0.2) is 16.3 Å². The first-order valence-electron chi connectivity index (χ1n) is 5.34. The molecule has 1 aromatic heterocycles. The van der Waals surface area contributed by atoms with Crippen LogP contribution in [0.4, 0.5) is 0 Å². The zero-order chi connectivity index (χ0) is 13.5. The number of thiophene rings is 1.